The van der Waals surface area contributed by atoms with Gasteiger partial charge in [0, 0.05) is 37.1 Å². The summed E-state index contributed by atoms with van der Waals surface area (Å²) in [5.41, 5.74) is -0.214. The number of aliphatic hydroxyl groups excluding tert-OH is 1. The number of likely N-dealkylation sites (tertiary alicyclic amines) is 1. The number of methoxy groups -OCH3 is 2. The van der Waals surface area contributed by atoms with Crippen LogP contribution in [0.4, 0.5) is 5.69 Å². The van der Waals surface area contributed by atoms with Crippen LogP contribution in [0.3, 0.4) is 0 Å². The van der Waals surface area contributed by atoms with E-state index in [1.807, 2.05) is 6.07 Å². The molecule has 13 heteroatoms. The molecule has 3 aliphatic heterocycles. The lowest BCUT2D eigenvalue weighted by Crippen LogP contribution is -2.57. The van der Waals surface area contributed by atoms with Crippen LogP contribution < -0.4 is 15.0 Å². The first-order valence-electron chi connectivity index (χ1n) is 16.6. The number of fused-ring (bicyclic) bond motifs is 1. The first-order valence-corrected chi connectivity index (χ1v) is 17.5. The van der Waals surface area contributed by atoms with Crippen molar-refractivity contribution in [3.05, 3.63) is 85.5 Å². The number of esters is 1. The molecule has 0 saturated carbocycles. The number of nitrogens with zero attached hydrogens (tertiary/aromatic N) is 2. The van der Waals surface area contributed by atoms with Crippen molar-refractivity contribution in [2.75, 3.05) is 45.4 Å². The number of carbonyl (C=O) groups is 4. The number of nitrogens with one attached hydrogen (secondary N) is 1. The topological polar surface area (TPSA) is 144 Å². The molecule has 50 heavy (non-hydrogen) atoms. The smallest absolute Gasteiger partial charge is 0.313 e. The minimum Gasteiger partial charge on any atom is -0.497 e. The number of anilines is 1. The zero-order chi connectivity index (χ0) is 36.0. The van der Waals surface area contributed by atoms with Crippen molar-refractivity contribution in [1.29, 1.82) is 0 Å². The molecular formula is C37H44BrN3O9. The van der Waals surface area contributed by atoms with Crippen molar-refractivity contribution in [1.82, 2.24) is 10.2 Å². The van der Waals surface area contributed by atoms with E-state index in [0.717, 1.165) is 0 Å². The molecule has 3 amide bonds. The van der Waals surface area contributed by atoms with Gasteiger partial charge >= 0.3 is 5.97 Å². The van der Waals surface area contributed by atoms with Gasteiger partial charge in [0.15, 0.2) is 0 Å². The minimum atomic E-state index is -1.38. The molecule has 3 heterocycles. The fourth-order valence-electron chi connectivity index (χ4n) is 7.51. The lowest BCUT2D eigenvalue weighted by atomic mass is 9.70. The van der Waals surface area contributed by atoms with Gasteiger partial charge in [0.2, 0.25) is 11.8 Å². The molecular weight excluding hydrogens is 710 g/mol. The number of rotatable bonds is 17. The second-order valence-electron chi connectivity index (χ2n) is 12.6. The number of benzene rings is 2. The summed E-state index contributed by atoms with van der Waals surface area (Å²) in [6.07, 6.45) is 2.41. The molecule has 2 aromatic rings. The van der Waals surface area contributed by atoms with Crippen LogP contribution in [0.15, 0.2) is 79.9 Å². The third-order valence-electron chi connectivity index (χ3n) is 9.60. The van der Waals surface area contributed by atoms with Crippen LogP contribution >= 0.6 is 15.9 Å². The molecule has 3 fully saturated rings. The van der Waals surface area contributed by atoms with E-state index in [-0.39, 0.29) is 43.3 Å². The van der Waals surface area contributed by atoms with E-state index >= 15 is 0 Å². The molecule has 0 aliphatic carbocycles. The Morgan fingerprint density at radius 2 is 1.86 bits per heavy atom. The first kappa shape index (κ1) is 37.2. The molecule has 12 nitrogen and oxygen atoms in total. The van der Waals surface area contributed by atoms with Gasteiger partial charge in [-0.3, -0.25) is 19.2 Å². The van der Waals surface area contributed by atoms with Crippen LogP contribution in [0.5, 0.6) is 5.75 Å². The quantitative estimate of drug-likeness (QED) is 0.141. The van der Waals surface area contributed by atoms with E-state index < -0.39 is 66.1 Å². The Kier molecular flexibility index (Phi) is 12.2. The summed E-state index contributed by atoms with van der Waals surface area (Å²) < 4.78 is 23.6. The third kappa shape index (κ3) is 7.09. The highest BCUT2D eigenvalue weighted by Crippen LogP contribution is 2.60. The highest BCUT2D eigenvalue weighted by Gasteiger charge is 2.77. The first-order chi connectivity index (χ1) is 24.1. The van der Waals surface area contributed by atoms with Crippen LogP contribution in [0.2, 0.25) is 0 Å². The van der Waals surface area contributed by atoms with Crippen molar-refractivity contribution in [3.8, 4) is 5.75 Å². The van der Waals surface area contributed by atoms with E-state index in [0.29, 0.717) is 23.4 Å². The van der Waals surface area contributed by atoms with Gasteiger partial charge in [0.1, 0.15) is 23.5 Å². The molecule has 3 aliphatic rings. The molecule has 2 bridgehead atoms. The summed E-state index contributed by atoms with van der Waals surface area (Å²) in [6, 6.07) is 14.0. The molecule has 3 saturated heterocycles. The van der Waals surface area contributed by atoms with Gasteiger partial charge in [-0.25, -0.2) is 0 Å². The molecule has 8 atom stereocenters. The molecule has 268 valence electrons. The Bertz CT molecular complexity index is 1560. The van der Waals surface area contributed by atoms with Gasteiger partial charge in [-0.1, -0.05) is 58.4 Å². The number of amides is 3. The average Bonchev–Trinajstić information content (AvgIpc) is 3.71. The van der Waals surface area contributed by atoms with Gasteiger partial charge in [-0.15, -0.1) is 13.2 Å². The van der Waals surface area contributed by atoms with Crippen LogP contribution in [-0.2, 0) is 33.4 Å². The number of ether oxygens (including phenoxy) is 4. The van der Waals surface area contributed by atoms with Crippen molar-refractivity contribution < 1.29 is 43.2 Å². The monoisotopic (exact) mass is 753 g/mol. The molecule has 0 radical (unpaired) electrons. The van der Waals surface area contributed by atoms with Crippen molar-refractivity contribution >= 4 is 45.3 Å². The summed E-state index contributed by atoms with van der Waals surface area (Å²) in [4.78, 5) is 58.7. The lowest BCUT2D eigenvalue weighted by Gasteiger charge is -2.37. The number of aliphatic hydroxyl groups is 1. The minimum absolute atomic E-state index is 0.0377. The summed E-state index contributed by atoms with van der Waals surface area (Å²) in [7, 11) is 3.03. The molecule has 1 unspecified atom stereocenters. The van der Waals surface area contributed by atoms with Crippen LogP contribution in [-0.4, -0.2) is 103 Å². The van der Waals surface area contributed by atoms with Crippen molar-refractivity contribution in [2.45, 2.75) is 54.0 Å². The zero-order valence-corrected chi connectivity index (χ0v) is 29.8. The predicted octanol–water partition coefficient (Wildman–Crippen LogP) is 3.34. The number of hydrogen-bond donors (Lipinski definition) is 2. The van der Waals surface area contributed by atoms with Gasteiger partial charge in [-0.05, 0) is 42.7 Å². The zero-order valence-electron chi connectivity index (χ0n) is 28.2. The van der Waals surface area contributed by atoms with Crippen LogP contribution in [0, 0.1) is 11.8 Å². The molecule has 1 spiro atoms. The molecule has 5 rings (SSSR count). The van der Waals surface area contributed by atoms with E-state index in [4.69, 9.17) is 18.9 Å². The highest BCUT2D eigenvalue weighted by atomic mass is 79.9. The summed E-state index contributed by atoms with van der Waals surface area (Å²) in [5.74, 6) is -3.41. The molecule has 2 N–H and O–H groups in total. The Balaban J connectivity index is 1.50. The fraction of sp³-hybridized carbons (Fsp3) is 0.459. The van der Waals surface area contributed by atoms with Gasteiger partial charge in [-0.2, -0.15) is 0 Å². The van der Waals surface area contributed by atoms with E-state index in [1.54, 1.807) is 67.8 Å². The third-order valence-corrected chi connectivity index (χ3v) is 10.4. The number of allylic oxidation sites excluding steroid dienone is 1. The second-order valence-corrected chi connectivity index (χ2v) is 13.8. The maximum atomic E-state index is 14.6. The largest absolute Gasteiger partial charge is 0.497 e. The number of hydrogen-bond acceptors (Lipinski definition) is 9. The number of halogens is 1. The number of carbonyl (C=O) groups excluding carboxylic acids is 4. The van der Waals surface area contributed by atoms with Crippen LogP contribution in [0.1, 0.15) is 30.9 Å². The Morgan fingerprint density at radius 3 is 2.48 bits per heavy atom. The average molecular weight is 755 g/mol. The van der Waals surface area contributed by atoms with Crippen molar-refractivity contribution in [3.63, 3.8) is 0 Å². The van der Waals surface area contributed by atoms with E-state index in [1.165, 1.54) is 16.9 Å². The predicted molar refractivity (Wildman–Crippen MR) is 189 cm³/mol. The van der Waals surface area contributed by atoms with Gasteiger partial charge in [0.25, 0.3) is 5.91 Å². The second kappa shape index (κ2) is 16.3. The number of alkyl halides is 1. The van der Waals surface area contributed by atoms with E-state index in [9.17, 15) is 24.3 Å². The summed E-state index contributed by atoms with van der Waals surface area (Å²) >= 11 is 3.69. The normalized spacial score (nSPS) is 26.1. The number of β-amino-alcohol motifs (C(OH)–C–C–N with tert-alkyl or cyclic N) is 1. The maximum absolute atomic E-state index is 14.6. The van der Waals surface area contributed by atoms with Crippen LogP contribution in [0.25, 0.3) is 0 Å². The molecule has 0 aromatic heterocycles. The SMILES string of the molecule is C=CCCC(=O)N[C@H](COC)[C@H](OC(=O)[C@H]1[C@@H]2O[C@@]3(CC2Br)[C@@H]1C(=O)N(CCO)[C@@H]3C(=O)N(CC=C)c1ccc(OC)cc1)c1ccccc1. The molecule has 2 aromatic carbocycles. The highest BCUT2D eigenvalue weighted by molar-refractivity contribution is 9.09. The Labute approximate surface area is 300 Å². The van der Waals surface area contributed by atoms with Gasteiger partial charge in [0.05, 0.1) is 44.3 Å². The standard InChI is InChI=1S/C37H44BrN3O9/c1-5-7-13-28(43)39-27(22-47-3)31(23-11-9-8-10-12-23)49-36(46)29-30-34(44)41(19-20-42)33(37(30)21-26(38)32(29)50-37)35(45)40(18-6-2)24-14-16-25(48-4)17-15-24/h5-6,8-12,14-17,26-27,29-33,42H,1-2,7,13,18-22H2,3-4H3,(H,39,43)/t26?,27-,29-,30+,31-,32-,33-,37+/m1/s1. The fourth-order valence-corrected chi connectivity index (χ4v) is 8.46. The summed E-state index contributed by atoms with van der Waals surface area (Å²) in [6.45, 7) is 7.14. The van der Waals surface area contributed by atoms with Crippen molar-refractivity contribution in [2.24, 2.45) is 11.8 Å². The van der Waals surface area contributed by atoms with Gasteiger partial charge < -0.3 is 39.2 Å². The van der Waals surface area contributed by atoms with E-state index in [2.05, 4.69) is 34.4 Å². The lowest BCUT2D eigenvalue weighted by molar-refractivity contribution is -0.163. The Morgan fingerprint density at radius 1 is 1.14 bits per heavy atom. The summed E-state index contributed by atoms with van der Waals surface area (Å²) in [5, 5.41) is 13.0. The maximum Gasteiger partial charge on any atom is 0.313 e. The Hall–Kier alpha value is -4.04.